The third-order valence-corrected chi connectivity index (χ3v) is 2.14. The van der Waals surface area contributed by atoms with Gasteiger partial charge in [0.15, 0.2) is 0 Å². The fraction of sp³-hybridized carbons (Fsp3) is 1.00. The second-order valence-corrected chi connectivity index (χ2v) is 3.38. The second kappa shape index (κ2) is 11.7. The molecule has 0 spiro atoms. The Kier molecular flexibility index (Phi) is 16.3. The maximum atomic E-state index is 3.39. The largest absolute Gasteiger partial charge is 0.344 e. The molecule has 3 N–H and O–H groups in total. The number of hydrogen-bond donors (Lipinski definition) is 1. The number of halogens is 2. The lowest BCUT2D eigenvalue weighted by molar-refractivity contribution is 0.715. The zero-order chi connectivity index (χ0) is 6.24. The maximum Gasteiger partial charge on any atom is 0.00313 e. The van der Waals surface area contributed by atoms with E-state index in [1.807, 2.05) is 0 Å². The summed E-state index contributed by atoms with van der Waals surface area (Å²) < 4.78 is 0. The number of hydrogen-bond acceptors (Lipinski definition) is 1. The van der Waals surface area contributed by atoms with E-state index in [4.69, 9.17) is 0 Å². The van der Waals surface area contributed by atoms with Crippen LogP contribution in [0.15, 0.2) is 0 Å². The Morgan fingerprint density at radius 3 is 1.22 bits per heavy atom. The topological polar surface area (TPSA) is 35.0 Å². The molecule has 0 aromatic heterocycles. The lowest BCUT2D eigenvalue weighted by Gasteiger charge is -1.92. The van der Waals surface area contributed by atoms with Gasteiger partial charge in [-0.15, -0.1) is 0 Å². The molecule has 58 valence electrons. The highest BCUT2D eigenvalue weighted by atomic mass is 79.9. The SMILES string of the molecule is BrCCCCCCBr.N. The second-order valence-electron chi connectivity index (χ2n) is 1.79. The first-order valence-electron chi connectivity index (χ1n) is 3.03. The van der Waals surface area contributed by atoms with Crippen LogP contribution in [-0.2, 0) is 0 Å². The van der Waals surface area contributed by atoms with Gasteiger partial charge in [0.1, 0.15) is 0 Å². The lowest BCUT2D eigenvalue weighted by atomic mass is 10.2. The van der Waals surface area contributed by atoms with Crippen LogP contribution < -0.4 is 6.15 Å². The van der Waals surface area contributed by atoms with E-state index in [-0.39, 0.29) is 6.15 Å². The quantitative estimate of drug-likeness (QED) is 0.596. The van der Waals surface area contributed by atoms with E-state index in [1.54, 1.807) is 0 Å². The van der Waals surface area contributed by atoms with Crippen LogP contribution in [0.2, 0.25) is 0 Å². The van der Waals surface area contributed by atoms with Gasteiger partial charge in [-0.2, -0.15) is 0 Å². The highest BCUT2D eigenvalue weighted by Crippen LogP contribution is 2.02. The van der Waals surface area contributed by atoms with Crippen molar-refractivity contribution in [1.82, 2.24) is 6.15 Å². The highest BCUT2D eigenvalue weighted by Gasteiger charge is 1.84. The first-order chi connectivity index (χ1) is 3.91. The van der Waals surface area contributed by atoms with Gasteiger partial charge in [0.25, 0.3) is 0 Å². The molecule has 0 aliphatic heterocycles. The van der Waals surface area contributed by atoms with Crippen LogP contribution in [-0.4, -0.2) is 10.7 Å². The molecular weight excluding hydrogens is 246 g/mol. The van der Waals surface area contributed by atoms with Gasteiger partial charge in [0.05, 0.1) is 0 Å². The Morgan fingerprint density at radius 1 is 0.667 bits per heavy atom. The van der Waals surface area contributed by atoms with E-state index in [0.29, 0.717) is 0 Å². The number of alkyl halides is 2. The van der Waals surface area contributed by atoms with Crippen molar-refractivity contribution in [3.05, 3.63) is 0 Å². The third-order valence-electron chi connectivity index (χ3n) is 1.02. The van der Waals surface area contributed by atoms with Crippen LogP contribution in [0.5, 0.6) is 0 Å². The molecule has 0 rings (SSSR count). The molecule has 0 aliphatic carbocycles. The average molecular weight is 261 g/mol. The molecule has 0 aromatic rings. The molecular formula is C6H15Br2N. The maximum absolute atomic E-state index is 3.39. The molecule has 0 fully saturated rings. The summed E-state index contributed by atoms with van der Waals surface area (Å²) in [7, 11) is 0. The molecule has 0 aromatic carbocycles. The summed E-state index contributed by atoms with van der Waals surface area (Å²) in [6.45, 7) is 0. The minimum absolute atomic E-state index is 0. The molecule has 0 amide bonds. The van der Waals surface area contributed by atoms with Crippen LogP contribution in [0.25, 0.3) is 0 Å². The fourth-order valence-electron chi connectivity index (χ4n) is 0.543. The van der Waals surface area contributed by atoms with Crippen molar-refractivity contribution in [2.45, 2.75) is 25.7 Å². The fourth-order valence-corrected chi connectivity index (χ4v) is 1.34. The molecule has 0 unspecified atom stereocenters. The summed E-state index contributed by atoms with van der Waals surface area (Å²) in [5.74, 6) is 0. The third kappa shape index (κ3) is 12.2. The molecule has 0 saturated heterocycles. The summed E-state index contributed by atoms with van der Waals surface area (Å²) in [4.78, 5) is 0. The Bertz CT molecular complexity index is 36.0. The van der Waals surface area contributed by atoms with Crippen LogP contribution >= 0.6 is 31.9 Å². The predicted molar refractivity (Wildman–Crippen MR) is 51.1 cm³/mol. The van der Waals surface area contributed by atoms with Gasteiger partial charge in [-0.25, -0.2) is 0 Å². The van der Waals surface area contributed by atoms with Crippen molar-refractivity contribution in [3.8, 4) is 0 Å². The molecule has 0 atom stereocenters. The highest BCUT2D eigenvalue weighted by molar-refractivity contribution is 9.09. The first kappa shape index (κ1) is 12.6. The van der Waals surface area contributed by atoms with Gasteiger partial charge >= 0.3 is 0 Å². The summed E-state index contributed by atoms with van der Waals surface area (Å²) in [5, 5.41) is 2.32. The van der Waals surface area contributed by atoms with Crippen LogP contribution in [0.4, 0.5) is 0 Å². The number of unbranched alkanes of at least 4 members (excludes halogenated alkanes) is 3. The molecule has 3 heteroatoms. The predicted octanol–water partition coefficient (Wildman–Crippen LogP) is 3.50. The van der Waals surface area contributed by atoms with E-state index in [2.05, 4.69) is 31.9 Å². The van der Waals surface area contributed by atoms with Gasteiger partial charge < -0.3 is 6.15 Å². The van der Waals surface area contributed by atoms with E-state index in [1.165, 1.54) is 25.7 Å². The summed E-state index contributed by atoms with van der Waals surface area (Å²) in [5.41, 5.74) is 0. The standard InChI is InChI=1S/C6H12Br2.H3N/c7-5-3-1-2-4-6-8;/h1-6H2;1H3. The van der Waals surface area contributed by atoms with Crippen molar-refractivity contribution in [1.29, 1.82) is 0 Å². The van der Waals surface area contributed by atoms with Crippen molar-refractivity contribution < 1.29 is 0 Å². The van der Waals surface area contributed by atoms with Gasteiger partial charge in [-0.05, 0) is 12.8 Å². The average Bonchev–Trinajstić information content (AvgIpc) is 1.81. The Hall–Kier alpha value is 0.920. The van der Waals surface area contributed by atoms with Crippen molar-refractivity contribution in [2.24, 2.45) is 0 Å². The molecule has 0 saturated carbocycles. The molecule has 0 heterocycles. The van der Waals surface area contributed by atoms with Crippen molar-refractivity contribution in [2.75, 3.05) is 10.7 Å². The minimum atomic E-state index is 0. The van der Waals surface area contributed by atoms with Gasteiger partial charge in [0, 0.05) is 10.7 Å². The smallest absolute Gasteiger partial charge is 0.00313 e. The monoisotopic (exact) mass is 259 g/mol. The van der Waals surface area contributed by atoms with Crippen molar-refractivity contribution >= 4 is 31.9 Å². The van der Waals surface area contributed by atoms with E-state index < -0.39 is 0 Å². The summed E-state index contributed by atoms with van der Waals surface area (Å²) in [6.07, 6.45) is 5.40. The Labute approximate surface area is 74.4 Å². The van der Waals surface area contributed by atoms with Crippen LogP contribution in [0.1, 0.15) is 25.7 Å². The zero-order valence-corrected chi connectivity index (χ0v) is 8.88. The normalized spacial score (nSPS) is 8.67. The van der Waals surface area contributed by atoms with E-state index >= 15 is 0 Å². The van der Waals surface area contributed by atoms with Gasteiger partial charge in [-0.1, -0.05) is 44.7 Å². The molecule has 9 heavy (non-hydrogen) atoms. The molecule has 0 radical (unpaired) electrons. The van der Waals surface area contributed by atoms with Crippen LogP contribution in [0, 0.1) is 0 Å². The molecule has 0 aliphatic rings. The summed E-state index contributed by atoms with van der Waals surface area (Å²) in [6, 6.07) is 0. The summed E-state index contributed by atoms with van der Waals surface area (Å²) >= 11 is 6.78. The Morgan fingerprint density at radius 2 is 1.00 bits per heavy atom. The molecule has 0 bridgehead atoms. The zero-order valence-electron chi connectivity index (χ0n) is 5.71. The van der Waals surface area contributed by atoms with Crippen molar-refractivity contribution in [3.63, 3.8) is 0 Å². The van der Waals surface area contributed by atoms with E-state index in [9.17, 15) is 0 Å². The van der Waals surface area contributed by atoms with Gasteiger partial charge in [0.2, 0.25) is 0 Å². The lowest BCUT2D eigenvalue weighted by Crippen LogP contribution is -1.78. The van der Waals surface area contributed by atoms with E-state index in [0.717, 1.165) is 10.7 Å². The Balaban J connectivity index is 0. The van der Waals surface area contributed by atoms with Gasteiger partial charge in [-0.3, -0.25) is 0 Å². The minimum Gasteiger partial charge on any atom is -0.344 e. The number of rotatable bonds is 5. The molecule has 1 nitrogen and oxygen atoms in total. The van der Waals surface area contributed by atoms with Crippen LogP contribution in [0.3, 0.4) is 0 Å². The first-order valence-corrected chi connectivity index (χ1v) is 5.28.